The number of para-hydroxylation sites is 1. The molecule has 29 heavy (non-hydrogen) atoms. The molecular formula is C21H21ClN4O3. The van der Waals surface area contributed by atoms with E-state index in [1.54, 1.807) is 27.8 Å². The molecule has 2 aromatic heterocycles. The molecule has 3 heterocycles. The summed E-state index contributed by atoms with van der Waals surface area (Å²) in [5.74, 6) is -0.453. The molecule has 0 atom stereocenters. The van der Waals surface area contributed by atoms with Crippen LogP contribution < -0.4 is 5.32 Å². The molecule has 1 aliphatic heterocycles. The third kappa shape index (κ3) is 4.68. The predicted molar refractivity (Wildman–Crippen MR) is 110 cm³/mol. The van der Waals surface area contributed by atoms with Gasteiger partial charge < -0.3 is 19.4 Å². The van der Waals surface area contributed by atoms with Gasteiger partial charge in [-0.2, -0.15) is 0 Å². The molecule has 1 N–H and O–H groups in total. The number of fused-ring (bicyclic) bond motifs is 1. The van der Waals surface area contributed by atoms with Gasteiger partial charge in [0.1, 0.15) is 12.3 Å². The standard InChI is InChI=1S/C21H21ClN4O3/c22-16-6-7-19-23-18(13-26(19)12-16)14-29-20(27)15-8-10-25(11-9-15)21(28)24-17-4-2-1-3-5-17/h1-7,12-13,15H,8-11,14H2,(H,24,28). The largest absolute Gasteiger partial charge is 0.459 e. The van der Waals surface area contributed by atoms with Crippen molar-refractivity contribution in [3.05, 3.63) is 65.6 Å². The molecular weight excluding hydrogens is 392 g/mol. The minimum Gasteiger partial charge on any atom is -0.459 e. The van der Waals surface area contributed by atoms with Crippen molar-refractivity contribution in [2.24, 2.45) is 5.92 Å². The summed E-state index contributed by atoms with van der Waals surface area (Å²) in [5, 5.41) is 3.48. The Kier molecular flexibility index (Phi) is 5.67. The van der Waals surface area contributed by atoms with Crippen molar-refractivity contribution in [1.29, 1.82) is 0 Å². The highest BCUT2D eigenvalue weighted by molar-refractivity contribution is 6.30. The van der Waals surface area contributed by atoms with E-state index in [1.807, 2.05) is 36.4 Å². The Morgan fingerprint density at radius 2 is 1.86 bits per heavy atom. The maximum Gasteiger partial charge on any atom is 0.321 e. The van der Waals surface area contributed by atoms with Gasteiger partial charge in [0.2, 0.25) is 0 Å². The lowest BCUT2D eigenvalue weighted by Crippen LogP contribution is -2.42. The molecule has 150 valence electrons. The maximum atomic E-state index is 12.4. The number of pyridine rings is 1. The summed E-state index contributed by atoms with van der Waals surface area (Å²) in [4.78, 5) is 30.9. The number of halogens is 1. The number of rotatable bonds is 4. The molecule has 1 aliphatic rings. The number of aromatic nitrogens is 2. The van der Waals surface area contributed by atoms with Crippen molar-refractivity contribution in [3.8, 4) is 0 Å². The number of esters is 1. The Morgan fingerprint density at radius 1 is 1.10 bits per heavy atom. The van der Waals surface area contributed by atoms with Gasteiger partial charge in [0.05, 0.1) is 16.6 Å². The number of hydrogen-bond acceptors (Lipinski definition) is 4. The van der Waals surface area contributed by atoms with Gasteiger partial charge in [-0.15, -0.1) is 0 Å². The summed E-state index contributed by atoms with van der Waals surface area (Å²) in [6, 6.07) is 12.8. The molecule has 1 saturated heterocycles. The van der Waals surface area contributed by atoms with E-state index in [0.717, 1.165) is 11.3 Å². The van der Waals surface area contributed by atoms with Crippen molar-refractivity contribution in [2.75, 3.05) is 18.4 Å². The Labute approximate surface area is 173 Å². The Morgan fingerprint density at radius 3 is 2.62 bits per heavy atom. The fraction of sp³-hybridized carbons (Fsp3) is 0.286. The van der Waals surface area contributed by atoms with E-state index in [0.29, 0.717) is 36.6 Å². The minimum absolute atomic E-state index is 0.118. The van der Waals surface area contributed by atoms with Crippen LogP contribution in [-0.4, -0.2) is 39.4 Å². The summed E-state index contributed by atoms with van der Waals surface area (Å²) < 4.78 is 7.25. The van der Waals surface area contributed by atoms with Crippen LogP contribution in [0.25, 0.3) is 5.65 Å². The maximum absolute atomic E-state index is 12.4. The van der Waals surface area contributed by atoms with E-state index in [2.05, 4.69) is 10.3 Å². The van der Waals surface area contributed by atoms with Crippen LogP contribution in [0.4, 0.5) is 10.5 Å². The molecule has 0 unspecified atom stereocenters. The molecule has 0 radical (unpaired) electrons. The number of benzene rings is 1. The van der Waals surface area contributed by atoms with E-state index in [4.69, 9.17) is 16.3 Å². The molecule has 4 rings (SSSR count). The lowest BCUT2D eigenvalue weighted by molar-refractivity contribution is -0.151. The molecule has 0 spiro atoms. The smallest absolute Gasteiger partial charge is 0.321 e. The van der Waals surface area contributed by atoms with Crippen molar-refractivity contribution < 1.29 is 14.3 Å². The SMILES string of the molecule is O=C(OCc1cn2cc(Cl)ccc2n1)C1CCN(C(=O)Nc2ccccc2)CC1. The van der Waals surface area contributed by atoms with Crippen molar-refractivity contribution >= 4 is 34.9 Å². The second-order valence-corrected chi connectivity index (χ2v) is 7.45. The average molecular weight is 413 g/mol. The number of carbonyl (C=O) groups is 2. The van der Waals surface area contributed by atoms with Gasteiger partial charge >= 0.3 is 12.0 Å². The summed E-state index contributed by atoms with van der Waals surface area (Å²) in [5.41, 5.74) is 2.17. The predicted octanol–water partition coefficient (Wildman–Crippen LogP) is 3.98. The molecule has 8 heteroatoms. The van der Waals surface area contributed by atoms with Crippen molar-refractivity contribution in [1.82, 2.24) is 14.3 Å². The number of anilines is 1. The number of nitrogens with zero attached hydrogens (tertiary/aromatic N) is 3. The first-order chi connectivity index (χ1) is 14.1. The highest BCUT2D eigenvalue weighted by Gasteiger charge is 2.28. The normalized spacial score (nSPS) is 14.7. The lowest BCUT2D eigenvalue weighted by atomic mass is 9.97. The van der Waals surface area contributed by atoms with Crippen molar-refractivity contribution in [2.45, 2.75) is 19.4 Å². The minimum atomic E-state index is -0.247. The number of nitrogens with one attached hydrogen (secondary N) is 1. The lowest BCUT2D eigenvalue weighted by Gasteiger charge is -2.30. The van der Waals surface area contributed by atoms with Crippen molar-refractivity contribution in [3.63, 3.8) is 0 Å². The van der Waals surface area contributed by atoms with Gasteiger partial charge in [-0.3, -0.25) is 4.79 Å². The Hall–Kier alpha value is -3.06. The summed E-state index contributed by atoms with van der Waals surface area (Å²) >= 11 is 5.97. The molecule has 3 aromatic rings. The van der Waals surface area contributed by atoms with Crippen LogP contribution in [0.15, 0.2) is 54.9 Å². The van der Waals surface area contributed by atoms with Crippen LogP contribution in [-0.2, 0) is 16.1 Å². The Balaban J connectivity index is 1.25. The molecule has 0 aliphatic carbocycles. The van der Waals surface area contributed by atoms with Crippen LogP contribution in [0.1, 0.15) is 18.5 Å². The molecule has 7 nitrogen and oxygen atoms in total. The summed E-state index contributed by atoms with van der Waals surface area (Å²) in [6.45, 7) is 1.16. The van der Waals surface area contributed by atoms with Crippen LogP contribution in [0, 0.1) is 5.92 Å². The number of amides is 2. The van der Waals surface area contributed by atoms with E-state index < -0.39 is 0 Å². The number of piperidine rings is 1. The van der Waals surface area contributed by atoms with Gasteiger partial charge in [0.15, 0.2) is 0 Å². The van der Waals surface area contributed by atoms with Crippen LogP contribution in [0.2, 0.25) is 5.02 Å². The Bertz CT molecular complexity index is 1010. The van der Waals surface area contributed by atoms with Gasteiger partial charge in [-0.05, 0) is 37.1 Å². The number of ether oxygens (including phenoxy) is 1. The zero-order chi connectivity index (χ0) is 20.2. The molecule has 0 bridgehead atoms. The zero-order valence-corrected chi connectivity index (χ0v) is 16.5. The highest BCUT2D eigenvalue weighted by atomic mass is 35.5. The first kappa shape index (κ1) is 19.3. The fourth-order valence-electron chi connectivity index (χ4n) is 3.39. The van der Waals surface area contributed by atoms with E-state index in [-0.39, 0.29) is 24.5 Å². The third-order valence-corrected chi connectivity index (χ3v) is 5.19. The zero-order valence-electron chi connectivity index (χ0n) is 15.8. The first-order valence-corrected chi connectivity index (χ1v) is 9.87. The van der Waals surface area contributed by atoms with Gasteiger partial charge in [-0.25, -0.2) is 9.78 Å². The molecule has 1 fully saturated rings. The highest BCUT2D eigenvalue weighted by Crippen LogP contribution is 2.20. The van der Waals surface area contributed by atoms with Gasteiger partial charge in [-0.1, -0.05) is 29.8 Å². The number of carbonyl (C=O) groups excluding carboxylic acids is 2. The number of likely N-dealkylation sites (tertiary alicyclic amines) is 1. The molecule has 1 aromatic carbocycles. The van der Waals surface area contributed by atoms with E-state index in [1.165, 1.54) is 0 Å². The summed E-state index contributed by atoms with van der Waals surface area (Å²) in [7, 11) is 0. The van der Waals surface area contributed by atoms with Crippen LogP contribution in [0.3, 0.4) is 0 Å². The number of hydrogen-bond donors (Lipinski definition) is 1. The summed E-state index contributed by atoms with van der Waals surface area (Å²) in [6.07, 6.45) is 4.72. The van der Waals surface area contributed by atoms with Crippen LogP contribution in [0.5, 0.6) is 0 Å². The average Bonchev–Trinajstić information content (AvgIpc) is 3.15. The third-order valence-electron chi connectivity index (χ3n) is 4.97. The van der Waals surface area contributed by atoms with Gasteiger partial charge in [0, 0.05) is 31.2 Å². The molecule has 0 saturated carbocycles. The second kappa shape index (κ2) is 8.53. The first-order valence-electron chi connectivity index (χ1n) is 9.49. The molecule has 2 amide bonds. The number of urea groups is 1. The topological polar surface area (TPSA) is 75.9 Å². The monoisotopic (exact) mass is 412 g/mol. The van der Waals surface area contributed by atoms with Gasteiger partial charge in [0.25, 0.3) is 0 Å². The van der Waals surface area contributed by atoms with E-state index in [9.17, 15) is 9.59 Å². The van der Waals surface area contributed by atoms with E-state index >= 15 is 0 Å². The quantitative estimate of drug-likeness (QED) is 0.658. The van der Waals surface area contributed by atoms with Crippen LogP contribution >= 0.6 is 11.6 Å². The second-order valence-electron chi connectivity index (χ2n) is 7.01. The fourth-order valence-corrected chi connectivity index (χ4v) is 3.56. The number of imidazole rings is 1.